The molecular formula is C22H21N3O. The van der Waals surface area contributed by atoms with Crippen molar-refractivity contribution in [2.24, 2.45) is 0 Å². The third-order valence-corrected chi connectivity index (χ3v) is 5.41. The Balaban J connectivity index is 1.40. The van der Waals surface area contributed by atoms with Gasteiger partial charge in [0.15, 0.2) is 5.76 Å². The van der Waals surface area contributed by atoms with Crippen LogP contribution < -0.4 is 0 Å². The van der Waals surface area contributed by atoms with Crippen LogP contribution in [-0.4, -0.2) is 21.4 Å². The van der Waals surface area contributed by atoms with Crippen LogP contribution in [0.2, 0.25) is 0 Å². The lowest BCUT2D eigenvalue weighted by molar-refractivity contribution is 0.170. The third-order valence-electron chi connectivity index (χ3n) is 5.41. The fourth-order valence-electron chi connectivity index (χ4n) is 3.99. The molecule has 0 saturated carbocycles. The molecule has 130 valence electrons. The summed E-state index contributed by atoms with van der Waals surface area (Å²) in [6.07, 6.45) is 2.88. The zero-order chi connectivity index (χ0) is 17.5. The number of para-hydroxylation sites is 1. The fourth-order valence-corrected chi connectivity index (χ4v) is 3.99. The predicted octanol–water partition coefficient (Wildman–Crippen LogP) is 4.94. The lowest BCUT2D eigenvalue weighted by Crippen LogP contribution is -2.33. The van der Waals surface area contributed by atoms with Crippen LogP contribution in [0.15, 0.2) is 65.2 Å². The summed E-state index contributed by atoms with van der Waals surface area (Å²) in [6, 6.07) is 19.0. The normalized spacial score (nSPS) is 17.5. The number of oxazole rings is 1. The van der Waals surface area contributed by atoms with E-state index in [9.17, 15) is 0 Å². The van der Waals surface area contributed by atoms with Crippen LogP contribution in [0.1, 0.15) is 30.1 Å². The lowest BCUT2D eigenvalue weighted by atomic mass is 9.98. The van der Waals surface area contributed by atoms with Crippen molar-refractivity contribution in [3.63, 3.8) is 0 Å². The lowest BCUT2D eigenvalue weighted by Gasteiger charge is -2.32. The van der Waals surface area contributed by atoms with E-state index >= 15 is 0 Å². The van der Waals surface area contributed by atoms with Gasteiger partial charge in [0.2, 0.25) is 5.89 Å². The molecule has 0 fully saturated rings. The number of aromatic amines is 1. The number of H-pyrrole nitrogens is 1. The van der Waals surface area contributed by atoms with E-state index in [4.69, 9.17) is 4.42 Å². The molecular weight excluding hydrogens is 322 g/mol. The van der Waals surface area contributed by atoms with Crippen molar-refractivity contribution in [3.05, 3.63) is 77.9 Å². The van der Waals surface area contributed by atoms with Gasteiger partial charge in [-0.15, -0.1) is 0 Å². The first-order chi connectivity index (χ1) is 12.8. The van der Waals surface area contributed by atoms with E-state index in [1.165, 1.54) is 22.2 Å². The van der Waals surface area contributed by atoms with Gasteiger partial charge in [0.05, 0.1) is 12.7 Å². The topological polar surface area (TPSA) is 45.1 Å². The third kappa shape index (κ3) is 2.54. The Morgan fingerprint density at radius 3 is 2.81 bits per heavy atom. The zero-order valence-electron chi connectivity index (χ0n) is 14.8. The maximum atomic E-state index is 6.00. The summed E-state index contributed by atoms with van der Waals surface area (Å²) in [4.78, 5) is 10.6. The van der Waals surface area contributed by atoms with Gasteiger partial charge in [0.25, 0.3) is 0 Å². The van der Waals surface area contributed by atoms with Crippen LogP contribution in [0.4, 0.5) is 0 Å². The number of nitrogens with one attached hydrogen (secondary N) is 1. The second-order valence-electron chi connectivity index (χ2n) is 6.94. The Morgan fingerprint density at radius 2 is 1.92 bits per heavy atom. The Kier molecular flexibility index (Phi) is 3.64. The summed E-state index contributed by atoms with van der Waals surface area (Å²) in [6.45, 7) is 4.00. The van der Waals surface area contributed by atoms with Crippen LogP contribution in [0.5, 0.6) is 0 Å². The van der Waals surface area contributed by atoms with E-state index in [0.717, 1.165) is 36.7 Å². The van der Waals surface area contributed by atoms with E-state index < -0.39 is 0 Å². The van der Waals surface area contributed by atoms with Crippen molar-refractivity contribution >= 4 is 10.9 Å². The molecule has 3 heterocycles. The second kappa shape index (κ2) is 6.15. The fraction of sp³-hybridized carbons (Fsp3) is 0.227. The van der Waals surface area contributed by atoms with E-state index in [1.807, 2.05) is 36.5 Å². The second-order valence-corrected chi connectivity index (χ2v) is 6.94. The minimum Gasteiger partial charge on any atom is -0.439 e. The van der Waals surface area contributed by atoms with Crippen molar-refractivity contribution in [1.82, 2.24) is 14.9 Å². The molecule has 0 radical (unpaired) electrons. The number of benzene rings is 2. The first-order valence-electron chi connectivity index (χ1n) is 9.13. The highest BCUT2D eigenvalue weighted by Gasteiger charge is 2.28. The van der Waals surface area contributed by atoms with Gasteiger partial charge in [-0.1, -0.05) is 48.5 Å². The number of aromatic nitrogens is 2. The van der Waals surface area contributed by atoms with Gasteiger partial charge in [-0.25, -0.2) is 4.98 Å². The molecule has 2 aromatic carbocycles. The van der Waals surface area contributed by atoms with Gasteiger partial charge >= 0.3 is 0 Å². The first kappa shape index (κ1) is 15.4. The Labute approximate surface area is 152 Å². The minimum absolute atomic E-state index is 0.318. The highest BCUT2D eigenvalue weighted by Crippen LogP contribution is 2.35. The molecule has 0 aliphatic carbocycles. The van der Waals surface area contributed by atoms with Crippen molar-refractivity contribution < 1.29 is 4.42 Å². The number of hydrogen-bond acceptors (Lipinski definition) is 3. The van der Waals surface area contributed by atoms with Gasteiger partial charge in [0.1, 0.15) is 0 Å². The van der Waals surface area contributed by atoms with E-state index in [1.54, 1.807) is 0 Å². The van der Waals surface area contributed by atoms with Crippen molar-refractivity contribution in [1.29, 1.82) is 0 Å². The van der Waals surface area contributed by atoms with Gasteiger partial charge < -0.3 is 9.40 Å². The molecule has 4 heteroatoms. The van der Waals surface area contributed by atoms with Crippen LogP contribution in [-0.2, 0) is 13.0 Å². The quantitative estimate of drug-likeness (QED) is 0.573. The van der Waals surface area contributed by atoms with Crippen molar-refractivity contribution in [2.75, 3.05) is 6.54 Å². The molecule has 0 unspecified atom stereocenters. The maximum Gasteiger partial charge on any atom is 0.209 e. The average molecular weight is 343 g/mol. The maximum absolute atomic E-state index is 6.00. The summed E-state index contributed by atoms with van der Waals surface area (Å²) in [5, 5.41) is 1.36. The van der Waals surface area contributed by atoms with E-state index in [-0.39, 0.29) is 0 Å². The molecule has 26 heavy (non-hydrogen) atoms. The number of fused-ring (bicyclic) bond motifs is 3. The smallest absolute Gasteiger partial charge is 0.209 e. The van der Waals surface area contributed by atoms with Crippen LogP contribution in [0, 0.1) is 0 Å². The monoisotopic (exact) mass is 343 g/mol. The molecule has 5 rings (SSSR count). The van der Waals surface area contributed by atoms with Crippen LogP contribution in [0.3, 0.4) is 0 Å². The highest BCUT2D eigenvalue weighted by molar-refractivity contribution is 5.85. The molecule has 0 spiro atoms. The Morgan fingerprint density at radius 1 is 1.12 bits per heavy atom. The van der Waals surface area contributed by atoms with Crippen molar-refractivity contribution in [2.45, 2.75) is 25.9 Å². The summed E-state index contributed by atoms with van der Waals surface area (Å²) in [5.74, 6) is 1.60. The average Bonchev–Trinajstić information content (AvgIpc) is 3.30. The molecule has 1 aliphatic heterocycles. The molecule has 0 saturated heterocycles. The molecule has 4 aromatic rings. The minimum atomic E-state index is 0.318. The Bertz CT molecular complexity index is 1050. The van der Waals surface area contributed by atoms with Crippen LogP contribution in [0.25, 0.3) is 22.2 Å². The molecule has 0 bridgehead atoms. The largest absolute Gasteiger partial charge is 0.439 e. The predicted molar refractivity (Wildman–Crippen MR) is 103 cm³/mol. The summed E-state index contributed by atoms with van der Waals surface area (Å²) >= 11 is 0. The molecule has 1 aliphatic rings. The van der Waals surface area contributed by atoms with Gasteiger partial charge in [-0.3, -0.25) is 4.90 Å². The van der Waals surface area contributed by atoms with E-state index in [2.05, 4.69) is 46.1 Å². The summed E-state index contributed by atoms with van der Waals surface area (Å²) in [7, 11) is 0. The number of nitrogens with zero attached hydrogens (tertiary/aromatic N) is 2. The number of hydrogen-bond donors (Lipinski definition) is 1. The molecule has 2 aromatic heterocycles. The van der Waals surface area contributed by atoms with Gasteiger partial charge in [-0.05, 0) is 25.0 Å². The highest BCUT2D eigenvalue weighted by atomic mass is 16.4. The van der Waals surface area contributed by atoms with Gasteiger partial charge in [-0.2, -0.15) is 0 Å². The van der Waals surface area contributed by atoms with E-state index in [0.29, 0.717) is 6.04 Å². The van der Waals surface area contributed by atoms with Gasteiger partial charge in [0, 0.05) is 34.7 Å². The van der Waals surface area contributed by atoms with Crippen LogP contribution >= 0.6 is 0 Å². The summed E-state index contributed by atoms with van der Waals surface area (Å²) in [5.41, 5.74) is 5.08. The first-order valence-corrected chi connectivity index (χ1v) is 9.13. The Hall–Kier alpha value is -2.85. The summed E-state index contributed by atoms with van der Waals surface area (Å²) < 4.78 is 6.00. The molecule has 1 atom stereocenters. The van der Waals surface area contributed by atoms with Crippen molar-refractivity contribution in [3.8, 4) is 11.3 Å². The zero-order valence-corrected chi connectivity index (χ0v) is 14.8. The molecule has 1 N–H and O–H groups in total. The SMILES string of the molecule is C[C@@H]1c2[nH]c3ccccc3c2CCN1Cc1ncc(-c2ccccc2)o1. The number of rotatable bonds is 3. The standard InChI is InChI=1S/C22H21N3O/c1-15-22-18(17-9-5-6-10-19(17)24-22)11-12-25(15)14-21-23-13-20(26-21)16-7-3-2-4-8-16/h2-10,13,15,24H,11-12,14H2,1H3/t15-/m1/s1. The molecule has 0 amide bonds. The molecule has 4 nitrogen and oxygen atoms in total.